The molecular weight excluding hydrogens is 292 g/mol. The Morgan fingerprint density at radius 1 is 1.50 bits per heavy atom. The highest BCUT2D eigenvalue weighted by Gasteiger charge is 2.25. The fraction of sp³-hybridized carbons (Fsp3) is 0.400. The highest BCUT2D eigenvalue weighted by atomic mass is 19.3. The summed E-state index contributed by atoms with van der Waals surface area (Å²) < 4.78 is 29.5. The molecule has 3 rings (SSSR count). The number of nitrogens with zero attached hydrogens (tertiary/aromatic N) is 2. The van der Waals surface area contributed by atoms with Crippen molar-refractivity contribution in [3.63, 3.8) is 0 Å². The van der Waals surface area contributed by atoms with Crippen molar-refractivity contribution < 1.29 is 18.1 Å². The summed E-state index contributed by atoms with van der Waals surface area (Å²) in [6.45, 7) is 1.81. The molecule has 1 aliphatic carbocycles. The number of benzene rings is 1. The average molecular weight is 307 g/mol. The molecule has 1 heterocycles. The van der Waals surface area contributed by atoms with Gasteiger partial charge in [0.15, 0.2) is 0 Å². The summed E-state index contributed by atoms with van der Waals surface area (Å²) >= 11 is 0. The monoisotopic (exact) mass is 307 g/mol. The normalized spacial score (nSPS) is 16.8. The first-order chi connectivity index (χ1) is 10.6. The molecule has 1 aromatic heterocycles. The van der Waals surface area contributed by atoms with Crippen LogP contribution in [0.3, 0.4) is 0 Å². The lowest BCUT2D eigenvalue weighted by Gasteiger charge is -2.13. The molecule has 1 aromatic carbocycles. The number of amides is 1. The van der Waals surface area contributed by atoms with Gasteiger partial charge >= 0.3 is 6.43 Å². The number of aryl methyl sites for hydroxylation is 1. The fourth-order valence-corrected chi connectivity index (χ4v) is 2.64. The molecule has 0 saturated carbocycles. The third-order valence-electron chi connectivity index (χ3n) is 3.76. The van der Waals surface area contributed by atoms with Gasteiger partial charge < -0.3 is 9.84 Å². The fourth-order valence-electron chi connectivity index (χ4n) is 2.64. The maximum absolute atomic E-state index is 12.5. The molecule has 0 spiro atoms. The molecular formula is C15H15F2N3O2. The van der Waals surface area contributed by atoms with Crippen molar-refractivity contribution in [1.29, 1.82) is 0 Å². The lowest BCUT2D eigenvalue weighted by atomic mass is 10.0. The lowest BCUT2D eigenvalue weighted by Crippen LogP contribution is -2.26. The van der Waals surface area contributed by atoms with Crippen molar-refractivity contribution in [2.45, 2.75) is 38.7 Å². The van der Waals surface area contributed by atoms with E-state index in [1.165, 1.54) is 0 Å². The maximum Gasteiger partial charge on any atom is 0.315 e. The zero-order valence-electron chi connectivity index (χ0n) is 12.0. The van der Waals surface area contributed by atoms with Gasteiger partial charge in [-0.25, -0.2) is 0 Å². The first kappa shape index (κ1) is 14.6. The number of carbonyl (C=O) groups excluding carboxylic acids is 1. The Kier molecular flexibility index (Phi) is 3.87. The summed E-state index contributed by atoms with van der Waals surface area (Å²) in [6.07, 6.45) is -0.677. The Morgan fingerprint density at radius 2 is 2.32 bits per heavy atom. The van der Waals surface area contributed by atoms with Gasteiger partial charge in [-0.3, -0.25) is 4.79 Å². The van der Waals surface area contributed by atoms with Crippen LogP contribution in [0.1, 0.15) is 49.3 Å². The van der Waals surface area contributed by atoms with Gasteiger partial charge in [-0.15, -0.1) is 0 Å². The van der Waals surface area contributed by atoms with Crippen molar-refractivity contribution in [3.05, 3.63) is 35.2 Å². The van der Waals surface area contributed by atoms with Crippen molar-refractivity contribution >= 4 is 5.91 Å². The van der Waals surface area contributed by atoms with Crippen LogP contribution < -0.4 is 5.32 Å². The summed E-state index contributed by atoms with van der Waals surface area (Å²) in [7, 11) is 0. The molecule has 1 amide bonds. The number of nitrogens with one attached hydrogen (secondary N) is 1. The molecule has 1 unspecified atom stereocenters. The second-order valence-electron chi connectivity index (χ2n) is 5.18. The summed E-state index contributed by atoms with van der Waals surface area (Å²) in [5.41, 5.74) is 2.77. The molecule has 0 bridgehead atoms. The minimum Gasteiger partial charge on any atom is -0.349 e. The Balaban J connectivity index is 1.84. The van der Waals surface area contributed by atoms with Crippen LogP contribution in [0.4, 0.5) is 8.78 Å². The molecule has 1 N–H and O–H groups in total. The first-order valence-electron chi connectivity index (χ1n) is 7.12. The number of fused-ring (bicyclic) bond motifs is 1. The number of hydrogen-bond donors (Lipinski definition) is 1. The van der Waals surface area contributed by atoms with E-state index in [0.717, 1.165) is 24.0 Å². The summed E-state index contributed by atoms with van der Waals surface area (Å²) in [4.78, 5) is 15.2. The Bertz CT molecular complexity index is 700. The largest absolute Gasteiger partial charge is 0.349 e. The molecule has 1 aliphatic rings. The quantitative estimate of drug-likeness (QED) is 0.942. The number of aromatic nitrogens is 2. The average Bonchev–Trinajstić information content (AvgIpc) is 3.14. The van der Waals surface area contributed by atoms with Crippen molar-refractivity contribution in [3.8, 4) is 11.4 Å². The summed E-state index contributed by atoms with van der Waals surface area (Å²) in [5.74, 6) is -0.510. The Hall–Kier alpha value is -2.31. The number of carbonyl (C=O) groups is 1. The van der Waals surface area contributed by atoms with Gasteiger partial charge in [0.05, 0.1) is 6.04 Å². The maximum atomic E-state index is 12.5. The van der Waals surface area contributed by atoms with Crippen molar-refractivity contribution in [1.82, 2.24) is 15.5 Å². The van der Waals surface area contributed by atoms with E-state index >= 15 is 0 Å². The molecule has 22 heavy (non-hydrogen) atoms. The van der Waals surface area contributed by atoms with E-state index in [0.29, 0.717) is 12.0 Å². The van der Waals surface area contributed by atoms with E-state index in [9.17, 15) is 13.6 Å². The predicted molar refractivity (Wildman–Crippen MR) is 74.2 cm³/mol. The Labute approximate surface area is 125 Å². The topological polar surface area (TPSA) is 68.0 Å². The van der Waals surface area contributed by atoms with Gasteiger partial charge in [-0.1, -0.05) is 24.2 Å². The smallest absolute Gasteiger partial charge is 0.315 e. The highest BCUT2D eigenvalue weighted by Crippen LogP contribution is 2.34. The van der Waals surface area contributed by atoms with E-state index < -0.39 is 12.3 Å². The lowest BCUT2D eigenvalue weighted by molar-refractivity contribution is -0.121. The van der Waals surface area contributed by atoms with Crippen LogP contribution in [-0.4, -0.2) is 16.0 Å². The van der Waals surface area contributed by atoms with Crippen LogP contribution in [0.15, 0.2) is 22.7 Å². The van der Waals surface area contributed by atoms with Crippen molar-refractivity contribution in [2.24, 2.45) is 0 Å². The molecule has 1 atom stereocenters. The number of hydrogen-bond acceptors (Lipinski definition) is 4. The van der Waals surface area contributed by atoms with Crippen LogP contribution in [-0.2, 0) is 11.2 Å². The molecule has 116 valence electrons. The minimum absolute atomic E-state index is 0.0124. The van der Waals surface area contributed by atoms with Crippen LogP contribution >= 0.6 is 0 Å². The van der Waals surface area contributed by atoms with Crippen molar-refractivity contribution in [2.75, 3.05) is 0 Å². The van der Waals surface area contributed by atoms with Gasteiger partial charge in [0.1, 0.15) is 0 Å². The molecule has 5 nitrogen and oxygen atoms in total. The highest BCUT2D eigenvalue weighted by molar-refractivity contribution is 5.76. The van der Waals surface area contributed by atoms with Gasteiger partial charge in [0.25, 0.3) is 5.89 Å². The van der Waals surface area contributed by atoms with Crippen LogP contribution in [0, 0.1) is 0 Å². The van der Waals surface area contributed by atoms with E-state index in [-0.39, 0.29) is 17.8 Å². The third kappa shape index (κ3) is 2.70. The van der Waals surface area contributed by atoms with Crippen LogP contribution in [0.2, 0.25) is 0 Å². The standard InChI is InChI=1S/C15H15F2N3O2/c1-2-12(21)18-11-6-4-8-7-9(3-5-10(8)11)14-19-15(13(16)17)22-20-14/h3,5,7,11,13H,2,4,6H2,1H3,(H,18,21). The molecule has 7 heteroatoms. The van der Waals surface area contributed by atoms with E-state index in [4.69, 9.17) is 0 Å². The molecule has 0 radical (unpaired) electrons. The predicted octanol–water partition coefficient (Wildman–Crippen LogP) is 3.19. The molecule has 0 aliphatic heterocycles. The zero-order chi connectivity index (χ0) is 15.7. The zero-order valence-corrected chi connectivity index (χ0v) is 12.0. The van der Waals surface area contributed by atoms with Crippen LogP contribution in [0.5, 0.6) is 0 Å². The number of rotatable bonds is 4. The third-order valence-corrected chi connectivity index (χ3v) is 3.76. The van der Waals surface area contributed by atoms with Gasteiger partial charge in [-0.2, -0.15) is 13.8 Å². The second-order valence-corrected chi connectivity index (χ2v) is 5.18. The summed E-state index contributed by atoms with van der Waals surface area (Å²) in [6, 6.07) is 5.53. The summed E-state index contributed by atoms with van der Waals surface area (Å²) in [5, 5.41) is 6.55. The van der Waals surface area contributed by atoms with Gasteiger partial charge in [0.2, 0.25) is 11.7 Å². The van der Waals surface area contributed by atoms with E-state index in [1.807, 2.05) is 19.1 Å². The number of alkyl halides is 2. The van der Waals surface area contributed by atoms with Crippen LogP contribution in [0.25, 0.3) is 11.4 Å². The van der Waals surface area contributed by atoms with E-state index in [1.54, 1.807) is 6.07 Å². The van der Waals surface area contributed by atoms with Gasteiger partial charge in [-0.05, 0) is 30.0 Å². The SMILES string of the molecule is CCC(=O)NC1CCc2cc(-c3noc(C(F)F)n3)ccc21. The first-order valence-corrected chi connectivity index (χ1v) is 7.12. The molecule has 0 saturated heterocycles. The molecule has 0 fully saturated rings. The minimum atomic E-state index is -2.77. The molecule has 2 aromatic rings. The van der Waals surface area contributed by atoms with Gasteiger partial charge in [0, 0.05) is 12.0 Å². The number of halogens is 2. The second kappa shape index (κ2) is 5.82. The van der Waals surface area contributed by atoms with E-state index in [2.05, 4.69) is 20.0 Å². The Morgan fingerprint density at radius 3 is 3.00 bits per heavy atom.